The lowest BCUT2D eigenvalue weighted by Crippen LogP contribution is -2.21. The number of hydrogen-bond donors (Lipinski definition) is 1. The van der Waals surface area contributed by atoms with Crippen molar-refractivity contribution in [1.29, 1.82) is 0 Å². The van der Waals surface area contributed by atoms with Crippen LogP contribution >= 0.6 is 0 Å². The van der Waals surface area contributed by atoms with Gasteiger partial charge in [-0.15, -0.1) is 0 Å². The molecular formula is C11H16N4O. The highest BCUT2D eigenvalue weighted by Gasteiger charge is 2.09. The van der Waals surface area contributed by atoms with E-state index in [0.717, 1.165) is 23.7 Å². The first kappa shape index (κ1) is 10.9. The Balaban J connectivity index is 2.11. The largest absolute Gasteiger partial charge is 0.354 e. The standard InChI is InChI=1S/C11H16N4O/c1-8(2)12-7-9-6-11(16-14-9)10-4-5-13-15(10)3/h4-6,8,12H,7H2,1-3H3. The highest BCUT2D eigenvalue weighted by atomic mass is 16.5. The van der Waals surface area contributed by atoms with Crippen molar-refractivity contribution in [1.82, 2.24) is 20.3 Å². The van der Waals surface area contributed by atoms with E-state index in [1.807, 2.05) is 19.2 Å². The Hall–Kier alpha value is -1.62. The average molecular weight is 220 g/mol. The Morgan fingerprint density at radius 2 is 2.31 bits per heavy atom. The zero-order valence-electron chi connectivity index (χ0n) is 9.77. The molecule has 0 saturated heterocycles. The van der Waals surface area contributed by atoms with Gasteiger partial charge in [0.05, 0.1) is 5.69 Å². The van der Waals surface area contributed by atoms with E-state index in [4.69, 9.17) is 4.52 Å². The van der Waals surface area contributed by atoms with E-state index in [1.54, 1.807) is 10.9 Å². The normalized spacial score (nSPS) is 11.2. The highest BCUT2D eigenvalue weighted by Crippen LogP contribution is 2.18. The van der Waals surface area contributed by atoms with Crippen LogP contribution in [0.3, 0.4) is 0 Å². The van der Waals surface area contributed by atoms with E-state index in [9.17, 15) is 0 Å². The van der Waals surface area contributed by atoms with Gasteiger partial charge in [-0.25, -0.2) is 0 Å². The van der Waals surface area contributed by atoms with Crippen LogP contribution in [0.2, 0.25) is 0 Å². The molecule has 0 spiro atoms. The summed E-state index contributed by atoms with van der Waals surface area (Å²) in [6.07, 6.45) is 1.74. The van der Waals surface area contributed by atoms with E-state index < -0.39 is 0 Å². The van der Waals surface area contributed by atoms with Crippen LogP contribution in [0.15, 0.2) is 22.9 Å². The molecule has 5 heteroatoms. The molecule has 0 unspecified atom stereocenters. The Morgan fingerprint density at radius 1 is 1.50 bits per heavy atom. The minimum Gasteiger partial charge on any atom is -0.354 e. The van der Waals surface area contributed by atoms with Crippen LogP contribution in [-0.4, -0.2) is 21.0 Å². The molecule has 0 amide bonds. The third-order valence-electron chi connectivity index (χ3n) is 2.32. The smallest absolute Gasteiger partial charge is 0.185 e. The second kappa shape index (κ2) is 4.49. The second-order valence-corrected chi connectivity index (χ2v) is 4.06. The molecule has 0 aliphatic heterocycles. The van der Waals surface area contributed by atoms with Gasteiger partial charge in [0.1, 0.15) is 5.69 Å². The maximum absolute atomic E-state index is 5.27. The Morgan fingerprint density at radius 3 is 2.94 bits per heavy atom. The molecule has 5 nitrogen and oxygen atoms in total. The average Bonchev–Trinajstić information content (AvgIpc) is 2.83. The molecule has 0 fully saturated rings. The predicted octanol–water partition coefficient (Wildman–Crippen LogP) is 1.57. The number of aromatic nitrogens is 3. The number of rotatable bonds is 4. The van der Waals surface area contributed by atoms with Gasteiger partial charge in [0.15, 0.2) is 5.76 Å². The van der Waals surface area contributed by atoms with Gasteiger partial charge in [-0.3, -0.25) is 4.68 Å². The van der Waals surface area contributed by atoms with Gasteiger partial charge in [-0.2, -0.15) is 5.10 Å². The van der Waals surface area contributed by atoms with Crippen LogP contribution in [0.4, 0.5) is 0 Å². The maximum Gasteiger partial charge on any atom is 0.185 e. The van der Waals surface area contributed by atoms with Crippen molar-refractivity contribution in [3.8, 4) is 11.5 Å². The van der Waals surface area contributed by atoms with Crippen molar-refractivity contribution in [2.45, 2.75) is 26.4 Å². The van der Waals surface area contributed by atoms with Gasteiger partial charge in [0.2, 0.25) is 0 Å². The zero-order chi connectivity index (χ0) is 11.5. The van der Waals surface area contributed by atoms with E-state index >= 15 is 0 Å². The third-order valence-corrected chi connectivity index (χ3v) is 2.32. The van der Waals surface area contributed by atoms with Crippen LogP contribution < -0.4 is 5.32 Å². The maximum atomic E-state index is 5.27. The first-order chi connectivity index (χ1) is 7.66. The van der Waals surface area contributed by atoms with Crippen LogP contribution in [0.25, 0.3) is 11.5 Å². The van der Waals surface area contributed by atoms with Crippen molar-refractivity contribution in [3.05, 3.63) is 24.0 Å². The molecule has 0 aromatic carbocycles. The third kappa shape index (κ3) is 2.30. The fourth-order valence-corrected chi connectivity index (χ4v) is 1.44. The van der Waals surface area contributed by atoms with Gasteiger partial charge >= 0.3 is 0 Å². The summed E-state index contributed by atoms with van der Waals surface area (Å²) in [5.74, 6) is 0.751. The molecule has 2 rings (SSSR count). The molecule has 2 aromatic heterocycles. The fourth-order valence-electron chi connectivity index (χ4n) is 1.44. The summed E-state index contributed by atoms with van der Waals surface area (Å²) in [5, 5.41) is 11.4. The summed E-state index contributed by atoms with van der Waals surface area (Å²) in [7, 11) is 1.88. The van der Waals surface area contributed by atoms with E-state index in [0.29, 0.717) is 6.04 Å². The second-order valence-electron chi connectivity index (χ2n) is 4.06. The highest BCUT2D eigenvalue weighted by molar-refractivity contribution is 5.51. The molecule has 0 saturated carbocycles. The Bertz CT molecular complexity index is 458. The van der Waals surface area contributed by atoms with E-state index in [2.05, 4.69) is 29.4 Å². The van der Waals surface area contributed by atoms with Gasteiger partial charge in [-0.1, -0.05) is 19.0 Å². The topological polar surface area (TPSA) is 55.9 Å². The van der Waals surface area contributed by atoms with Crippen molar-refractivity contribution >= 4 is 0 Å². The SMILES string of the molecule is CC(C)NCc1cc(-c2ccnn2C)on1. The monoisotopic (exact) mass is 220 g/mol. The summed E-state index contributed by atoms with van der Waals surface area (Å²) in [4.78, 5) is 0. The molecule has 2 heterocycles. The number of aryl methyl sites for hydroxylation is 1. The molecule has 0 atom stereocenters. The molecule has 86 valence electrons. The van der Waals surface area contributed by atoms with Gasteiger partial charge in [0.25, 0.3) is 0 Å². The molecule has 16 heavy (non-hydrogen) atoms. The Labute approximate surface area is 94.4 Å². The summed E-state index contributed by atoms with van der Waals surface area (Å²) < 4.78 is 7.04. The van der Waals surface area contributed by atoms with Crippen molar-refractivity contribution < 1.29 is 4.52 Å². The van der Waals surface area contributed by atoms with Crippen molar-refractivity contribution in [2.75, 3.05) is 0 Å². The predicted molar refractivity (Wildman–Crippen MR) is 60.7 cm³/mol. The lowest BCUT2D eigenvalue weighted by Gasteiger charge is -2.03. The number of nitrogens with one attached hydrogen (secondary N) is 1. The lowest BCUT2D eigenvalue weighted by atomic mass is 10.3. The first-order valence-electron chi connectivity index (χ1n) is 5.34. The van der Waals surface area contributed by atoms with E-state index in [1.165, 1.54) is 0 Å². The van der Waals surface area contributed by atoms with E-state index in [-0.39, 0.29) is 0 Å². The Kier molecular flexibility index (Phi) is 3.05. The molecule has 0 radical (unpaired) electrons. The van der Waals surface area contributed by atoms with Crippen LogP contribution in [0, 0.1) is 0 Å². The molecule has 0 aliphatic carbocycles. The minimum absolute atomic E-state index is 0.442. The summed E-state index contributed by atoms with van der Waals surface area (Å²) in [5.41, 5.74) is 1.84. The molecule has 1 N–H and O–H groups in total. The van der Waals surface area contributed by atoms with Gasteiger partial charge < -0.3 is 9.84 Å². The van der Waals surface area contributed by atoms with Crippen LogP contribution in [-0.2, 0) is 13.6 Å². The quantitative estimate of drug-likeness (QED) is 0.849. The number of hydrogen-bond acceptors (Lipinski definition) is 4. The zero-order valence-corrected chi connectivity index (χ0v) is 9.77. The lowest BCUT2D eigenvalue weighted by molar-refractivity contribution is 0.415. The summed E-state index contributed by atoms with van der Waals surface area (Å²) in [6, 6.07) is 4.28. The molecular weight excluding hydrogens is 204 g/mol. The molecule has 0 aliphatic rings. The fraction of sp³-hybridized carbons (Fsp3) is 0.455. The summed E-state index contributed by atoms with van der Waals surface area (Å²) in [6.45, 7) is 4.92. The first-order valence-corrected chi connectivity index (χ1v) is 5.34. The number of nitrogens with zero attached hydrogens (tertiary/aromatic N) is 3. The molecule has 0 bridgehead atoms. The van der Waals surface area contributed by atoms with Crippen LogP contribution in [0.1, 0.15) is 19.5 Å². The molecule has 2 aromatic rings. The summed E-state index contributed by atoms with van der Waals surface area (Å²) >= 11 is 0. The van der Waals surface area contributed by atoms with Gasteiger partial charge in [0, 0.05) is 31.9 Å². The minimum atomic E-state index is 0.442. The van der Waals surface area contributed by atoms with Crippen molar-refractivity contribution in [3.63, 3.8) is 0 Å². The van der Waals surface area contributed by atoms with Crippen molar-refractivity contribution in [2.24, 2.45) is 7.05 Å². The van der Waals surface area contributed by atoms with Crippen LogP contribution in [0.5, 0.6) is 0 Å². The van der Waals surface area contributed by atoms with Gasteiger partial charge in [-0.05, 0) is 6.07 Å².